The fourth-order valence-corrected chi connectivity index (χ4v) is 3.66. The first-order valence-corrected chi connectivity index (χ1v) is 11.0. The zero-order chi connectivity index (χ0) is 27.4. The van der Waals surface area contributed by atoms with Crippen molar-refractivity contribution in [2.45, 2.75) is 25.7 Å². The summed E-state index contributed by atoms with van der Waals surface area (Å²) in [7, 11) is 0. The van der Waals surface area contributed by atoms with Crippen LogP contribution in [-0.2, 0) is 12.6 Å². The normalized spacial score (nSPS) is 15.4. The molecule has 1 aromatic heterocycles. The van der Waals surface area contributed by atoms with Gasteiger partial charge in [0.1, 0.15) is 11.4 Å². The number of hydrogen-bond acceptors (Lipinski definition) is 5. The molecule has 198 valence electrons. The number of carbonyl (C=O) groups is 1. The van der Waals surface area contributed by atoms with E-state index in [0.29, 0.717) is 36.5 Å². The Morgan fingerprint density at radius 2 is 1.76 bits per heavy atom. The first-order chi connectivity index (χ1) is 17.3. The van der Waals surface area contributed by atoms with E-state index in [1.165, 1.54) is 13.0 Å². The highest BCUT2D eigenvalue weighted by Gasteiger charge is 2.34. The predicted molar refractivity (Wildman–Crippen MR) is 124 cm³/mol. The number of benzene rings is 1. The average Bonchev–Trinajstić information content (AvgIpc) is 2.84. The van der Waals surface area contributed by atoms with Crippen molar-refractivity contribution in [3.63, 3.8) is 0 Å². The molecule has 0 bridgehead atoms. The second-order valence-corrected chi connectivity index (χ2v) is 8.17. The molecule has 1 aliphatic rings. The predicted octanol–water partition coefficient (Wildman–Crippen LogP) is 4.19. The van der Waals surface area contributed by atoms with Crippen LogP contribution >= 0.6 is 0 Å². The maximum atomic E-state index is 13.0. The Kier molecular flexibility index (Phi) is 8.24. The minimum Gasteiger partial charge on any atom is -0.354 e. The van der Waals surface area contributed by atoms with Crippen LogP contribution in [0, 0.1) is 0 Å². The molecule has 0 radical (unpaired) electrons. The van der Waals surface area contributed by atoms with Crippen LogP contribution in [0.25, 0.3) is 0 Å². The highest BCUT2D eigenvalue weighted by atomic mass is 19.4. The number of nitrogens with zero attached hydrogens (tertiary/aromatic N) is 4. The summed E-state index contributed by atoms with van der Waals surface area (Å²) < 4.78 is 77.5. The highest BCUT2D eigenvalue weighted by Crippen LogP contribution is 2.27. The van der Waals surface area contributed by atoms with Crippen molar-refractivity contribution in [3.05, 3.63) is 87.1 Å². The van der Waals surface area contributed by atoms with Crippen LogP contribution in [0.15, 0.2) is 64.2 Å². The molecule has 2 aromatic rings. The van der Waals surface area contributed by atoms with Gasteiger partial charge in [0.25, 0.3) is 11.5 Å². The van der Waals surface area contributed by atoms with Gasteiger partial charge in [0, 0.05) is 44.4 Å². The molecule has 1 N–H and O–H groups in total. The first-order valence-electron chi connectivity index (χ1n) is 11.0. The lowest BCUT2D eigenvalue weighted by Crippen LogP contribution is -2.47. The van der Waals surface area contributed by atoms with Gasteiger partial charge in [-0.1, -0.05) is 24.8 Å². The third-order valence-corrected chi connectivity index (χ3v) is 5.64. The molecular weight excluding hydrogens is 504 g/mol. The van der Waals surface area contributed by atoms with Crippen molar-refractivity contribution in [1.82, 2.24) is 20.0 Å². The van der Waals surface area contributed by atoms with Crippen LogP contribution in [0.2, 0.25) is 0 Å². The third kappa shape index (κ3) is 7.08. The number of aliphatic imine (C=N–C) groups is 1. The molecule has 7 nitrogen and oxygen atoms in total. The second-order valence-electron chi connectivity index (χ2n) is 8.17. The van der Waals surface area contributed by atoms with Crippen molar-refractivity contribution in [1.29, 1.82) is 0 Å². The van der Waals surface area contributed by atoms with Gasteiger partial charge in [0.15, 0.2) is 0 Å². The van der Waals surface area contributed by atoms with Gasteiger partial charge in [-0.15, -0.1) is 0 Å². The van der Waals surface area contributed by atoms with E-state index in [1.54, 1.807) is 28.0 Å². The molecule has 0 spiro atoms. The molecule has 0 saturated carbocycles. The van der Waals surface area contributed by atoms with Crippen molar-refractivity contribution < 1.29 is 31.1 Å². The summed E-state index contributed by atoms with van der Waals surface area (Å²) in [5.74, 6) is -0.168. The number of rotatable bonds is 6. The average molecular weight is 527 g/mol. The van der Waals surface area contributed by atoms with E-state index in [0.717, 1.165) is 6.08 Å². The lowest BCUT2D eigenvalue weighted by atomic mass is 10.0. The van der Waals surface area contributed by atoms with Crippen LogP contribution < -0.4 is 5.56 Å². The van der Waals surface area contributed by atoms with Crippen molar-refractivity contribution in [2.75, 3.05) is 26.2 Å². The molecule has 0 atom stereocenters. The van der Waals surface area contributed by atoms with Crippen LogP contribution in [-0.4, -0.2) is 64.5 Å². The first kappa shape index (κ1) is 27.7. The summed E-state index contributed by atoms with van der Waals surface area (Å²) in [5.41, 5.74) is -2.77. The van der Waals surface area contributed by atoms with Gasteiger partial charge in [-0.2, -0.15) is 31.4 Å². The van der Waals surface area contributed by atoms with Crippen molar-refractivity contribution in [3.8, 4) is 0 Å². The molecule has 0 aliphatic carbocycles. The lowest BCUT2D eigenvalue weighted by molar-refractivity contribution is -0.138. The standard InChI is InChI=1S/C24H23F6N5O2/c1-3-18(23(25,26)27)14-31-15(2)34-7-9-35(10-8-34)22(37)17-6-4-5-16(11-17)12-19-13-20(24(28,29)30)21(36)33-32-19/h3-6,11,13-14H,2,7-10,12H2,1H3,(H,33,36)/b18-3+,31-14-. The van der Waals surface area contributed by atoms with Crippen molar-refractivity contribution in [2.24, 2.45) is 4.99 Å². The summed E-state index contributed by atoms with van der Waals surface area (Å²) in [6, 6.07) is 6.99. The molecule has 2 heterocycles. The number of allylic oxidation sites excluding steroid dienone is 2. The van der Waals surface area contributed by atoms with E-state index in [2.05, 4.69) is 16.7 Å². The molecule has 1 aliphatic heterocycles. The third-order valence-electron chi connectivity index (χ3n) is 5.64. The molecule has 1 aromatic carbocycles. The zero-order valence-electron chi connectivity index (χ0n) is 19.7. The number of hydrogen-bond donors (Lipinski definition) is 1. The van der Waals surface area contributed by atoms with Gasteiger partial charge < -0.3 is 9.80 Å². The molecule has 1 fully saturated rings. The number of nitrogens with one attached hydrogen (secondary N) is 1. The molecule has 1 amide bonds. The van der Waals surface area contributed by atoms with Crippen LogP contribution in [0.1, 0.15) is 34.1 Å². The van der Waals surface area contributed by atoms with Gasteiger partial charge in [-0.05, 0) is 30.7 Å². The smallest absolute Gasteiger partial charge is 0.354 e. The SMILES string of the molecule is C=C(/N=C\C(=C/C)C(F)(F)F)N1CCN(C(=O)c2cccc(Cc3cc(C(F)(F)F)c(=O)[nH]n3)c2)CC1. The summed E-state index contributed by atoms with van der Waals surface area (Å²) >= 11 is 0. The molecule has 13 heteroatoms. The number of aromatic amines is 1. The Bertz CT molecular complexity index is 1270. The van der Waals surface area contributed by atoms with Gasteiger partial charge in [0.05, 0.1) is 11.3 Å². The van der Waals surface area contributed by atoms with Gasteiger partial charge in [-0.3, -0.25) is 9.59 Å². The Labute approximate surface area is 207 Å². The Morgan fingerprint density at radius 3 is 2.35 bits per heavy atom. The fourth-order valence-electron chi connectivity index (χ4n) is 3.66. The lowest BCUT2D eigenvalue weighted by Gasteiger charge is -2.35. The summed E-state index contributed by atoms with van der Waals surface area (Å²) in [4.78, 5) is 31.4. The second kappa shape index (κ2) is 11.0. The van der Waals surface area contributed by atoms with E-state index in [4.69, 9.17) is 0 Å². The van der Waals surface area contributed by atoms with Crippen LogP contribution in [0.5, 0.6) is 0 Å². The summed E-state index contributed by atoms with van der Waals surface area (Å²) in [6.45, 7) is 6.11. The molecule has 1 saturated heterocycles. The summed E-state index contributed by atoms with van der Waals surface area (Å²) in [5, 5.41) is 5.50. The molecular formula is C24H23F6N5O2. The van der Waals surface area contributed by atoms with E-state index in [1.807, 2.05) is 5.10 Å². The number of piperazine rings is 1. The van der Waals surface area contributed by atoms with Crippen molar-refractivity contribution >= 4 is 12.1 Å². The maximum absolute atomic E-state index is 13.0. The number of amides is 1. The van der Waals surface area contributed by atoms with E-state index < -0.39 is 29.0 Å². The van der Waals surface area contributed by atoms with Crippen LogP contribution in [0.3, 0.4) is 0 Å². The maximum Gasteiger partial charge on any atom is 0.421 e. The van der Waals surface area contributed by atoms with Gasteiger partial charge >= 0.3 is 12.4 Å². The monoisotopic (exact) mass is 527 g/mol. The highest BCUT2D eigenvalue weighted by molar-refractivity contribution is 5.94. The quantitative estimate of drug-likeness (QED) is 0.452. The molecule has 3 rings (SSSR count). The number of H-pyrrole nitrogens is 1. The number of aromatic nitrogens is 2. The Hall–Kier alpha value is -3.90. The molecule has 37 heavy (non-hydrogen) atoms. The van der Waals surface area contributed by atoms with Crippen LogP contribution in [0.4, 0.5) is 26.3 Å². The van der Waals surface area contributed by atoms with Gasteiger partial charge in [-0.25, -0.2) is 10.1 Å². The minimum absolute atomic E-state index is 0.0178. The number of carbonyl (C=O) groups excluding carboxylic acids is 1. The minimum atomic E-state index is -4.82. The topological polar surface area (TPSA) is 81.7 Å². The Morgan fingerprint density at radius 1 is 1.11 bits per heavy atom. The zero-order valence-corrected chi connectivity index (χ0v) is 19.7. The largest absolute Gasteiger partial charge is 0.421 e. The fraction of sp³-hybridized carbons (Fsp3) is 0.333. The van der Waals surface area contributed by atoms with E-state index in [9.17, 15) is 35.9 Å². The molecule has 0 unspecified atom stereocenters. The summed E-state index contributed by atoms with van der Waals surface area (Å²) in [6.07, 6.45) is -7.77. The van der Waals surface area contributed by atoms with E-state index in [-0.39, 0.29) is 36.9 Å². The van der Waals surface area contributed by atoms with E-state index >= 15 is 0 Å². The number of halogens is 6. The number of alkyl halides is 6. The van der Waals surface area contributed by atoms with Gasteiger partial charge in [0.2, 0.25) is 0 Å². The Balaban J connectivity index is 1.63.